The molecule has 1 saturated carbocycles. The molecule has 1 aliphatic carbocycles. The Morgan fingerprint density at radius 3 is 2.58 bits per heavy atom. The van der Waals surface area contributed by atoms with E-state index in [1.807, 2.05) is 11.7 Å². The van der Waals surface area contributed by atoms with Crippen LogP contribution in [-0.4, -0.2) is 19.3 Å². The van der Waals surface area contributed by atoms with Crippen molar-refractivity contribution < 1.29 is 0 Å². The monoisotopic (exact) mass is 261 g/mol. The van der Waals surface area contributed by atoms with Crippen molar-refractivity contribution in [2.45, 2.75) is 57.9 Å². The van der Waals surface area contributed by atoms with Crippen molar-refractivity contribution in [1.82, 2.24) is 19.3 Å². The van der Waals surface area contributed by atoms with E-state index in [0.717, 1.165) is 23.3 Å². The summed E-state index contributed by atoms with van der Waals surface area (Å²) in [7, 11) is 1.99. The Balaban J connectivity index is 2.22. The molecule has 0 radical (unpaired) electrons. The normalized spacial score (nSPS) is 19.1. The average Bonchev–Trinajstić information content (AvgIpc) is 2.87. The topological polar surface area (TPSA) is 61.7 Å². The fourth-order valence-corrected chi connectivity index (χ4v) is 3.50. The predicted molar refractivity (Wildman–Crippen MR) is 77.0 cm³/mol. The standard InChI is InChI=1S/C14H23N5/c1-4-10-11-12(18(3)17-10)19(13(15)16-11)14(2)8-6-5-7-9-14/h4-9H2,1-3H3,(H2,15,16). The maximum Gasteiger partial charge on any atom is 0.203 e. The zero-order valence-electron chi connectivity index (χ0n) is 12.1. The molecule has 0 saturated heterocycles. The first-order valence-corrected chi connectivity index (χ1v) is 7.27. The molecule has 1 fully saturated rings. The molecule has 1 aliphatic rings. The Kier molecular flexibility index (Phi) is 2.80. The van der Waals surface area contributed by atoms with Crippen molar-refractivity contribution in [1.29, 1.82) is 0 Å². The summed E-state index contributed by atoms with van der Waals surface area (Å²) in [6.07, 6.45) is 7.12. The van der Waals surface area contributed by atoms with Crippen LogP contribution in [0.25, 0.3) is 11.2 Å². The number of nitrogen functional groups attached to an aromatic ring is 1. The lowest BCUT2D eigenvalue weighted by molar-refractivity contribution is 0.226. The Hall–Kier alpha value is -1.52. The summed E-state index contributed by atoms with van der Waals surface area (Å²) in [5.74, 6) is 0.641. The molecule has 2 aromatic rings. The van der Waals surface area contributed by atoms with Crippen LogP contribution in [0.1, 0.15) is 51.6 Å². The van der Waals surface area contributed by atoms with Crippen LogP contribution < -0.4 is 5.73 Å². The van der Waals surface area contributed by atoms with Crippen LogP contribution in [0.4, 0.5) is 5.95 Å². The van der Waals surface area contributed by atoms with E-state index in [-0.39, 0.29) is 5.54 Å². The van der Waals surface area contributed by atoms with Gasteiger partial charge >= 0.3 is 0 Å². The minimum atomic E-state index is 0.0931. The van der Waals surface area contributed by atoms with Gasteiger partial charge in [-0.1, -0.05) is 26.2 Å². The molecule has 0 amide bonds. The molecule has 104 valence electrons. The predicted octanol–water partition coefficient (Wildman–Crippen LogP) is 2.59. The SMILES string of the molecule is CCc1nn(C)c2c1nc(N)n2C1(C)CCCCC1. The molecular formula is C14H23N5. The van der Waals surface area contributed by atoms with Gasteiger partial charge in [0.15, 0.2) is 5.65 Å². The lowest BCUT2D eigenvalue weighted by Gasteiger charge is -2.36. The van der Waals surface area contributed by atoms with Crippen molar-refractivity contribution in [2.75, 3.05) is 5.73 Å². The highest BCUT2D eigenvalue weighted by atomic mass is 15.4. The van der Waals surface area contributed by atoms with Gasteiger partial charge in [0, 0.05) is 12.6 Å². The maximum absolute atomic E-state index is 6.22. The quantitative estimate of drug-likeness (QED) is 0.903. The first-order chi connectivity index (χ1) is 9.07. The number of fused-ring (bicyclic) bond motifs is 1. The van der Waals surface area contributed by atoms with E-state index in [9.17, 15) is 0 Å². The highest BCUT2D eigenvalue weighted by Crippen LogP contribution is 2.39. The number of nitrogens with two attached hydrogens (primary N) is 1. The third-order valence-electron chi connectivity index (χ3n) is 4.54. The zero-order chi connectivity index (χ0) is 13.6. The van der Waals surface area contributed by atoms with Crippen molar-refractivity contribution in [3.8, 4) is 0 Å². The van der Waals surface area contributed by atoms with Crippen LogP contribution in [0, 0.1) is 0 Å². The molecule has 2 heterocycles. The fourth-order valence-electron chi connectivity index (χ4n) is 3.50. The van der Waals surface area contributed by atoms with Gasteiger partial charge < -0.3 is 5.73 Å². The second kappa shape index (κ2) is 4.25. The van der Waals surface area contributed by atoms with Gasteiger partial charge in [0.2, 0.25) is 5.95 Å². The molecule has 3 rings (SSSR count). The van der Waals surface area contributed by atoms with Gasteiger partial charge in [-0.15, -0.1) is 0 Å². The molecule has 0 unspecified atom stereocenters. The summed E-state index contributed by atoms with van der Waals surface area (Å²) in [5, 5.41) is 4.57. The second-order valence-electron chi connectivity index (χ2n) is 5.96. The summed E-state index contributed by atoms with van der Waals surface area (Å²) in [4.78, 5) is 4.58. The number of rotatable bonds is 2. The van der Waals surface area contributed by atoms with Crippen LogP contribution in [0.3, 0.4) is 0 Å². The summed E-state index contributed by atoms with van der Waals surface area (Å²) < 4.78 is 4.17. The Morgan fingerprint density at radius 1 is 1.26 bits per heavy atom. The largest absolute Gasteiger partial charge is 0.369 e. The van der Waals surface area contributed by atoms with Gasteiger partial charge in [0.1, 0.15) is 5.52 Å². The molecule has 19 heavy (non-hydrogen) atoms. The van der Waals surface area contributed by atoms with E-state index in [1.165, 1.54) is 32.1 Å². The lowest BCUT2D eigenvalue weighted by atomic mass is 9.83. The Bertz CT molecular complexity index is 601. The summed E-state index contributed by atoms with van der Waals surface area (Å²) in [6.45, 7) is 4.42. The van der Waals surface area contributed by atoms with E-state index in [0.29, 0.717) is 5.95 Å². The fraction of sp³-hybridized carbons (Fsp3) is 0.714. The first-order valence-electron chi connectivity index (χ1n) is 7.27. The van der Waals surface area contributed by atoms with E-state index in [1.54, 1.807) is 0 Å². The van der Waals surface area contributed by atoms with Crippen LogP contribution in [-0.2, 0) is 19.0 Å². The molecule has 5 heteroatoms. The van der Waals surface area contributed by atoms with Crippen molar-refractivity contribution in [2.24, 2.45) is 7.05 Å². The number of hydrogen-bond acceptors (Lipinski definition) is 3. The van der Waals surface area contributed by atoms with Gasteiger partial charge in [-0.25, -0.2) is 4.98 Å². The molecule has 2 N–H and O–H groups in total. The zero-order valence-corrected chi connectivity index (χ0v) is 12.1. The molecule has 0 bridgehead atoms. The number of anilines is 1. The summed E-state index contributed by atoms with van der Waals surface area (Å²) in [5.41, 5.74) is 9.42. The van der Waals surface area contributed by atoms with Crippen molar-refractivity contribution in [3.05, 3.63) is 5.69 Å². The number of aryl methyl sites for hydroxylation is 2. The third-order valence-corrected chi connectivity index (χ3v) is 4.54. The number of nitrogens with zero attached hydrogens (tertiary/aromatic N) is 4. The summed E-state index contributed by atoms with van der Waals surface area (Å²) in [6, 6.07) is 0. The van der Waals surface area contributed by atoms with Crippen LogP contribution >= 0.6 is 0 Å². The van der Waals surface area contributed by atoms with Gasteiger partial charge in [0.25, 0.3) is 0 Å². The van der Waals surface area contributed by atoms with E-state index in [4.69, 9.17) is 5.73 Å². The number of hydrogen-bond donors (Lipinski definition) is 1. The maximum atomic E-state index is 6.22. The van der Waals surface area contributed by atoms with Crippen LogP contribution in [0.2, 0.25) is 0 Å². The highest BCUT2D eigenvalue weighted by molar-refractivity contribution is 5.78. The van der Waals surface area contributed by atoms with Gasteiger partial charge in [-0.05, 0) is 26.2 Å². The minimum absolute atomic E-state index is 0.0931. The van der Waals surface area contributed by atoms with E-state index < -0.39 is 0 Å². The molecule has 0 aliphatic heterocycles. The number of aromatic nitrogens is 4. The molecule has 5 nitrogen and oxygen atoms in total. The first kappa shape index (κ1) is 12.5. The van der Waals surface area contributed by atoms with Gasteiger partial charge in [0.05, 0.1) is 5.69 Å². The Morgan fingerprint density at radius 2 is 1.95 bits per heavy atom. The van der Waals surface area contributed by atoms with Crippen LogP contribution in [0.5, 0.6) is 0 Å². The minimum Gasteiger partial charge on any atom is -0.369 e. The smallest absolute Gasteiger partial charge is 0.203 e. The molecule has 0 aromatic carbocycles. The van der Waals surface area contributed by atoms with Gasteiger partial charge in [-0.3, -0.25) is 9.25 Å². The Labute approximate surface area is 113 Å². The second-order valence-corrected chi connectivity index (χ2v) is 5.96. The average molecular weight is 261 g/mol. The molecule has 2 aromatic heterocycles. The third kappa shape index (κ3) is 1.75. The molecule has 0 spiro atoms. The molecular weight excluding hydrogens is 238 g/mol. The number of imidazole rings is 1. The van der Waals surface area contributed by atoms with Crippen molar-refractivity contribution >= 4 is 17.1 Å². The van der Waals surface area contributed by atoms with Gasteiger partial charge in [-0.2, -0.15) is 5.10 Å². The van der Waals surface area contributed by atoms with E-state index in [2.05, 4.69) is 28.5 Å². The van der Waals surface area contributed by atoms with E-state index >= 15 is 0 Å². The highest BCUT2D eigenvalue weighted by Gasteiger charge is 2.33. The lowest BCUT2D eigenvalue weighted by Crippen LogP contribution is -2.34. The van der Waals surface area contributed by atoms with Crippen LogP contribution in [0.15, 0.2) is 0 Å². The summed E-state index contributed by atoms with van der Waals surface area (Å²) >= 11 is 0. The molecule has 0 atom stereocenters. The van der Waals surface area contributed by atoms with Crippen molar-refractivity contribution in [3.63, 3.8) is 0 Å².